The van der Waals surface area contributed by atoms with Crippen LogP contribution >= 0.6 is 11.3 Å². The Morgan fingerprint density at radius 2 is 2.26 bits per heavy atom. The molecule has 0 aliphatic carbocycles. The van der Waals surface area contributed by atoms with E-state index >= 15 is 0 Å². The molecule has 7 heteroatoms. The van der Waals surface area contributed by atoms with Gasteiger partial charge in [0.2, 0.25) is 11.8 Å². The average molecular weight is 281 g/mol. The van der Waals surface area contributed by atoms with E-state index in [1.807, 2.05) is 13.8 Å². The van der Waals surface area contributed by atoms with Crippen molar-refractivity contribution in [3.05, 3.63) is 16.1 Å². The molecule has 1 aliphatic rings. The summed E-state index contributed by atoms with van der Waals surface area (Å²) in [5.41, 5.74) is 0.318. The molecule has 0 spiro atoms. The monoisotopic (exact) mass is 281 g/mol. The van der Waals surface area contributed by atoms with E-state index in [0.717, 1.165) is 5.01 Å². The Hall–Kier alpha value is -1.76. The van der Waals surface area contributed by atoms with Crippen molar-refractivity contribution in [1.82, 2.24) is 15.6 Å². The average Bonchev–Trinajstić information content (AvgIpc) is 2.82. The summed E-state index contributed by atoms with van der Waals surface area (Å²) in [4.78, 5) is 38.7. The Morgan fingerprint density at radius 1 is 1.53 bits per heavy atom. The van der Waals surface area contributed by atoms with Crippen LogP contribution in [0.15, 0.2) is 5.38 Å². The van der Waals surface area contributed by atoms with Gasteiger partial charge < -0.3 is 5.32 Å². The van der Waals surface area contributed by atoms with E-state index in [0.29, 0.717) is 12.1 Å². The molecule has 19 heavy (non-hydrogen) atoms. The molecule has 0 radical (unpaired) electrons. The Morgan fingerprint density at radius 3 is 2.84 bits per heavy atom. The molecule has 1 aliphatic heterocycles. The molecular formula is C12H15N3O3S. The number of nitrogens with zero attached hydrogens (tertiary/aromatic N) is 1. The first-order valence-electron chi connectivity index (χ1n) is 6.07. The van der Waals surface area contributed by atoms with Crippen molar-refractivity contribution in [2.45, 2.75) is 38.6 Å². The highest BCUT2D eigenvalue weighted by molar-refractivity contribution is 7.09. The maximum Gasteiger partial charge on any atom is 0.271 e. The molecule has 2 N–H and O–H groups in total. The molecule has 1 fully saturated rings. The molecule has 1 saturated heterocycles. The molecule has 2 rings (SSSR count). The topological polar surface area (TPSA) is 88.2 Å². The summed E-state index contributed by atoms with van der Waals surface area (Å²) < 4.78 is 0. The van der Waals surface area contributed by atoms with Gasteiger partial charge in [0, 0.05) is 17.7 Å². The third kappa shape index (κ3) is 3.17. The molecular weight excluding hydrogens is 266 g/mol. The quantitative estimate of drug-likeness (QED) is 0.802. The van der Waals surface area contributed by atoms with Crippen LogP contribution in [0.1, 0.15) is 48.1 Å². The van der Waals surface area contributed by atoms with Gasteiger partial charge in [0.05, 0.1) is 5.01 Å². The van der Waals surface area contributed by atoms with E-state index in [9.17, 15) is 14.4 Å². The first-order chi connectivity index (χ1) is 8.97. The molecule has 1 atom stereocenters. The van der Waals surface area contributed by atoms with Gasteiger partial charge in [0.25, 0.3) is 5.91 Å². The van der Waals surface area contributed by atoms with E-state index < -0.39 is 11.9 Å². The normalized spacial score (nSPS) is 19.4. The molecule has 6 nitrogen and oxygen atoms in total. The summed E-state index contributed by atoms with van der Waals surface area (Å²) >= 11 is 1.42. The van der Waals surface area contributed by atoms with E-state index in [1.165, 1.54) is 11.3 Å². The Bertz CT molecular complexity index is 524. The SMILES string of the molecule is CC(C)c1nc(C(=O)NC2CCC(=O)NC2=O)cs1. The van der Waals surface area contributed by atoms with Gasteiger partial charge in [-0.2, -0.15) is 0 Å². The zero-order chi connectivity index (χ0) is 14.0. The van der Waals surface area contributed by atoms with Crippen LogP contribution in [-0.2, 0) is 9.59 Å². The molecule has 0 saturated carbocycles. The predicted molar refractivity (Wildman–Crippen MR) is 69.8 cm³/mol. The van der Waals surface area contributed by atoms with Crippen LogP contribution in [0.25, 0.3) is 0 Å². The fraction of sp³-hybridized carbons (Fsp3) is 0.500. The van der Waals surface area contributed by atoms with Crippen LogP contribution in [0, 0.1) is 0 Å². The van der Waals surface area contributed by atoms with Crippen LogP contribution in [0.3, 0.4) is 0 Å². The molecule has 102 valence electrons. The number of carbonyl (C=O) groups excluding carboxylic acids is 3. The summed E-state index contributed by atoms with van der Waals surface area (Å²) in [5.74, 6) is -0.866. The lowest BCUT2D eigenvalue weighted by Crippen LogP contribution is -2.52. The van der Waals surface area contributed by atoms with Crippen LogP contribution in [0.4, 0.5) is 0 Å². The zero-order valence-corrected chi connectivity index (χ0v) is 11.5. The molecule has 2 heterocycles. The third-order valence-electron chi connectivity index (χ3n) is 2.79. The predicted octanol–water partition coefficient (Wildman–Crippen LogP) is 0.802. The lowest BCUT2D eigenvalue weighted by Gasteiger charge is -2.21. The second-order valence-corrected chi connectivity index (χ2v) is 5.59. The van der Waals surface area contributed by atoms with Crippen molar-refractivity contribution in [2.24, 2.45) is 0 Å². The molecule has 1 aromatic heterocycles. The highest BCUT2D eigenvalue weighted by atomic mass is 32.1. The van der Waals surface area contributed by atoms with Crippen LogP contribution in [-0.4, -0.2) is 28.7 Å². The Balaban J connectivity index is 2.00. The number of imide groups is 1. The zero-order valence-electron chi connectivity index (χ0n) is 10.7. The summed E-state index contributed by atoms with van der Waals surface area (Å²) in [7, 11) is 0. The first-order valence-corrected chi connectivity index (χ1v) is 6.95. The Kier molecular flexibility index (Phi) is 3.94. The highest BCUT2D eigenvalue weighted by Crippen LogP contribution is 2.19. The van der Waals surface area contributed by atoms with Crippen molar-refractivity contribution in [2.75, 3.05) is 0 Å². The molecule has 0 aromatic carbocycles. The van der Waals surface area contributed by atoms with Gasteiger partial charge in [-0.1, -0.05) is 13.8 Å². The summed E-state index contributed by atoms with van der Waals surface area (Å²) in [6, 6.07) is -0.658. The standard InChI is InChI=1S/C12H15N3O3S/c1-6(2)12-14-8(5-19-12)11(18)13-7-3-4-9(16)15-10(7)17/h5-7H,3-4H2,1-2H3,(H,13,18)(H,15,16,17). The highest BCUT2D eigenvalue weighted by Gasteiger charge is 2.28. The minimum Gasteiger partial charge on any atom is -0.339 e. The van der Waals surface area contributed by atoms with Crippen molar-refractivity contribution in [3.8, 4) is 0 Å². The largest absolute Gasteiger partial charge is 0.339 e. The maximum absolute atomic E-state index is 11.9. The second kappa shape index (κ2) is 5.48. The lowest BCUT2D eigenvalue weighted by molar-refractivity contribution is -0.134. The van der Waals surface area contributed by atoms with E-state index in [2.05, 4.69) is 15.6 Å². The van der Waals surface area contributed by atoms with Gasteiger partial charge in [-0.05, 0) is 6.42 Å². The van der Waals surface area contributed by atoms with Gasteiger partial charge in [0.1, 0.15) is 11.7 Å². The number of hydrogen-bond acceptors (Lipinski definition) is 5. The van der Waals surface area contributed by atoms with Crippen LogP contribution < -0.4 is 10.6 Å². The molecule has 1 aromatic rings. The fourth-order valence-corrected chi connectivity index (χ4v) is 2.54. The number of thiazole rings is 1. The number of piperidine rings is 1. The summed E-state index contributed by atoms with van der Waals surface area (Å²) in [5, 5.41) is 7.36. The van der Waals surface area contributed by atoms with Crippen LogP contribution in [0.5, 0.6) is 0 Å². The number of aromatic nitrogens is 1. The van der Waals surface area contributed by atoms with Gasteiger partial charge >= 0.3 is 0 Å². The first kappa shape index (κ1) is 13.7. The van der Waals surface area contributed by atoms with Gasteiger partial charge in [0.15, 0.2) is 0 Å². The number of amides is 3. The molecule has 1 unspecified atom stereocenters. The lowest BCUT2D eigenvalue weighted by atomic mass is 10.1. The van der Waals surface area contributed by atoms with Crippen molar-refractivity contribution in [1.29, 1.82) is 0 Å². The smallest absolute Gasteiger partial charge is 0.271 e. The molecule has 3 amide bonds. The van der Waals surface area contributed by atoms with E-state index in [4.69, 9.17) is 0 Å². The number of nitrogens with one attached hydrogen (secondary N) is 2. The van der Waals surface area contributed by atoms with E-state index in [-0.39, 0.29) is 24.2 Å². The Labute approximate surface area is 114 Å². The summed E-state index contributed by atoms with van der Waals surface area (Å²) in [6.45, 7) is 4.00. The second-order valence-electron chi connectivity index (χ2n) is 4.70. The number of hydrogen-bond donors (Lipinski definition) is 2. The van der Waals surface area contributed by atoms with Crippen LogP contribution in [0.2, 0.25) is 0 Å². The van der Waals surface area contributed by atoms with Gasteiger partial charge in [-0.3, -0.25) is 19.7 Å². The molecule has 0 bridgehead atoms. The minimum absolute atomic E-state index is 0.241. The van der Waals surface area contributed by atoms with Crippen molar-refractivity contribution in [3.63, 3.8) is 0 Å². The van der Waals surface area contributed by atoms with Gasteiger partial charge in [-0.25, -0.2) is 4.98 Å². The third-order valence-corrected chi connectivity index (χ3v) is 3.94. The number of carbonyl (C=O) groups is 3. The van der Waals surface area contributed by atoms with Gasteiger partial charge in [-0.15, -0.1) is 11.3 Å². The fourth-order valence-electron chi connectivity index (χ4n) is 1.72. The summed E-state index contributed by atoms with van der Waals surface area (Å²) in [6.07, 6.45) is 0.572. The minimum atomic E-state index is -0.658. The number of rotatable bonds is 3. The van der Waals surface area contributed by atoms with Crippen molar-refractivity contribution >= 4 is 29.1 Å². The maximum atomic E-state index is 11.9. The van der Waals surface area contributed by atoms with Crippen molar-refractivity contribution < 1.29 is 14.4 Å². The van der Waals surface area contributed by atoms with E-state index in [1.54, 1.807) is 5.38 Å².